The maximum Gasteiger partial charge on any atom is 0.243 e. The molecule has 162 valence electrons. The van der Waals surface area contributed by atoms with E-state index in [1.807, 2.05) is 49.4 Å². The van der Waals surface area contributed by atoms with Crippen molar-refractivity contribution in [3.05, 3.63) is 99.0 Å². The lowest BCUT2D eigenvalue weighted by molar-refractivity contribution is -0.121. The van der Waals surface area contributed by atoms with E-state index in [9.17, 15) is 13.2 Å². The number of rotatable bonds is 8. The van der Waals surface area contributed by atoms with Crippen molar-refractivity contribution in [3.8, 4) is 0 Å². The summed E-state index contributed by atoms with van der Waals surface area (Å²) in [6.07, 6.45) is 0. The highest BCUT2D eigenvalue weighted by atomic mass is 79.9. The molecule has 8 heteroatoms. The van der Waals surface area contributed by atoms with Gasteiger partial charge in [0.25, 0.3) is 0 Å². The van der Waals surface area contributed by atoms with Crippen LogP contribution < -0.4 is 5.32 Å². The fourth-order valence-electron chi connectivity index (χ4n) is 2.93. The summed E-state index contributed by atoms with van der Waals surface area (Å²) in [6, 6.07) is 21.1. The lowest BCUT2D eigenvalue weighted by Gasteiger charge is -2.22. The van der Waals surface area contributed by atoms with Crippen LogP contribution in [-0.4, -0.2) is 25.2 Å². The first kappa shape index (κ1) is 23.5. The Balaban J connectivity index is 1.81. The number of halogens is 2. The smallest absolute Gasteiger partial charge is 0.243 e. The van der Waals surface area contributed by atoms with Crippen molar-refractivity contribution in [2.24, 2.45) is 0 Å². The lowest BCUT2D eigenvalue weighted by atomic mass is 10.2. The quantitative estimate of drug-likeness (QED) is 0.458. The van der Waals surface area contributed by atoms with Gasteiger partial charge in [0, 0.05) is 22.6 Å². The van der Waals surface area contributed by atoms with Gasteiger partial charge in [-0.3, -0.25) is 4.79 Å². The van der Waals surface area contributed by atoms with Gasteiger partial charge in [0.2, 0.25) is 15.9 Å². The fourth-order valence-corrected chi connectivity index (χ4v) is 4.78. The highest BCUT2D eigenvalue weighted by molar-refractivity contribution is 9.10. The van der Waals surface area contributed by atoms with Gasteiger partial charge in [0.05, 0.1) is 11.4 Å². The maximum atomic E-state index is 13.3. The van der Waals surface area contributed by atoms with E-state index in [2.05, 4.69) is 21.2 Å². The summed E-state index contributed by atoms with van der Waals surface area (Å²) in [7, 11) is -3.88. The van der Waals surface area contributed by atoms with Gasteiger partial charge in [-0.05, 0) is 48.4 Å². The molecule has 0 saturated heterocycles. The number of benzene rings is 3. The molecular formula is C23H22BrClN2O3S. The molecule has 3 rings (SSSR count). The molecule has 1 N–H and O–H groups in total. The molecule has 0 fully saturated rings. The standard InChI is InChI=1S/C23H22BrClN2O3S/c1-17-6-12-21(13-7-17)31(29,30)27(15-18-8-10-20(24)11-9-18)16-23(28)26-14-19-4-2-3-5-22(19)25/h2-13H,14-16H2,1H3,(H,26,28). The fraction of sp³-hybridized carbons (Fsp3) is 0.174. The Hall–Kier alpha value is -2.19. The summed E-state index contributed by atoms with van der Waals surface area (Å²) >= 11 is 9.51. The number of aryl methyl sites for hydroxylation is 1. The molecular weight excluding hydrogens is 500 g/mol. The van der Waals surface area contributed by atoms with Crippen molar-refractivity contribution in [1.82, 2.24) is 9.62 Å². The van der Waals surface area contributed by atoms with E-state index in [1.54, 1.807) is 30.3 Å². The number of carbonyl (C=O) groups is 1. The monoisotopic (exact) mass is 520 g/mol. The van der Waals surface area contributed by atoms with Crippen LogP contribution in [0.25, 0.3) is 0 Å². The Morgan fingerprint density at radius 2 is 1.65 bits per heavy atom. The molecule has 0 aliphatic rings. The highest BCUT2D eigenvalue weighted by Crippen LogP contribution is 2.20. The van der Waals surface area contributed by atoms with Crippen molar-refractivity contribution >= 4 is 43.5 Å². The summed E-state index contributed by atoms with van der Waals surface area (Å²) in [5, 5.41) is 3.30. The number of carbonyl (C=O) groups excluding carboxylic acids is 1. The Bertz CT molecular complexity index is 1150. The normalized spacial score (nSPS) is 11.5. The van der Waals surface area contributed by atoms with Gasteiger partial charge in [0.15, 0.2) is 0 Å². The zero-order valence-corrected chi connectivity index (χ0v) is 20.0. The molecule has 5 nitrogen and oxygen atoms in total. The van der Waals surface area contributed by atoms with Crippen LogP contribution in [0.3, 0.4) is 0 Å². The van der Waals surface area contributed by atoms with Gasteiger partial charge in [-0.2, -0.15) is 4.31 Å². The van der Waals surface area contributed by atoms with E-state index in [1.165, 1.54) is 4.31 Å². The topological polar surface area (TPSA) is 66.5 Å². The second-order valence-electron chi connectivity index (χ2n) is 7.08. The van der Waals surface area contributed by atoms with E-state index < -0.39 is 15.9 Å². The first-order chi connectivity index (χ1) is 14.8. The first-order valence-electron chi connectivity index (χ1n) is 9.57. The van der Waals surface area contributed by atoms with Gasteiger partial charge >= 0.3 is 0 Å². The molecule has 0 atom stereocenters. The average Bonchev–Trinajstić information content (AvgIpc) is 2.74. The molecule has 0 aliphatic heterocycles. The van der Waals surface area contributed by atoms with Gasteiger partial charge in [-0.1, -0.05) is 75.6 Å². The summed E-state index contributed by atoms with van der Waals surface area (Å²) in [4.78, 5) is 12.8. The second kappa shape index (κ2) is 10.4. The van der Waals surface area contributed by atoms with Gasteiger partial charge in [0.1, 0.15) is 0 Å². The zero-order valence-electron chi connectivity index (χ0n) is 16.9. The minimum absolute atomic E-state index is 0.0724. The number of sulfonamides is 1. The highest BCUT2D eigenvalue weighted by Gasteiger charge is 2.27. The van der Waals surface area contributed by atoms with E-state index in [0.717, 1.165) is 21.2 Å². The molecule has 0 radical (unpaired) electrons. The lowest BCUT2D eigenvalue weighted by Crippen LogP contribution is -2.40. The predicted molar refractivity (Wildman–Crippen MR) is 126 cm³/mol. The minimum atomic E-state index is -3.88. The third kappa shape index (κ3) is 6.40. The number of hydrogen-bond acceptors (Lipinski definition) is 3. The third-order valence-electron chi connectivity index (χ3n) is 4.68. The molecule has 0 aliphatic carbocycles. The molecule has 3 aromatic carbocycles. The summed E-state index contributed by atoms with van der Waals surface area (Å²) in [5.41, 5.74) is 2.49. The van der Waals surface area contributed by atoms with E-state index >= 15 is 0 Å². The third-order valence-corrected chi connectivity index (χ3v) is 7.39. The van der Waals surface area contributed by atoms with E-state index in [4.69, 9.17) is 11.6 Å². The molecule has 1 amide bonds. The van der Waals surface area contributed by atoms with Crippen molar-refractivity contribution < 1.29 is 13.2 Å². The Morgan fingerprint density at radius 3 is 2.29 bits per heavy atom. The van der Waals surface area contributed by atoms with Crippen LogP contribution in [0.2, 0.25) is 5.02 Å². The van der Waals surface area contributed by atoms with Gasteiger partial charge < -0.3 is 5.32 Å². The predicted octanol–water partition coefficient (Wildman–Crippen LogP) is 4.92. The largest absolute Gasteiger partial charge is 0.351 e. The van der Waals surface area contributed by atoms with Crippen LogP contribution in [0, 0.1) is 6.92 Å². The first-order valence-corrected chi connectivity index (χ1v) is 12.2. The van der Waals surface area contributed by atoms with Crippen molar-refractivity contribution in [1.29, 1.82) is 0 Å². The number of hydrogen-bond donors (Lipinski definition) is 1. The zero-order chi connectivity index (χ0) is 22.4. The van der Waals surface area contributed by atoms with Crippen molar-refractivity contribution in [2.45, 2.75) is 24.9 Å². The van der Waals surface area contributed by atoms with Gasteiger partial charge in [-0.15, -0.1) is 0 Å². The van der Waals surface area contributed by atoms with Crippen LogP contribution in [0.4, 0.5) is 0 Å². The molecule has 0 unspecified atom stereocenters. The SMILES string of the molecule is Cc1ccc(S(=O)(=O)N(CC(=O)NCc2ccccc2Cl)Cc2ccc(Br)cc2)cc1. The summed E-state index contributed by atoms with van der Waals surface area (Å²) < 4.78 is 28.7. The molecule has 3 aromatic rings. The maximum absolute atomic E-state index is 13.3. The summed E-state index contributed by atoms with van der Waals surface area (Å²) in [5.74, 6) is -0.410. The number of nitrogens with one attached hydrogen (secondary N) is 1. The van der Waals surface area contributed by atoms with Crippen LogP contribution in [0.15, 0.2) is 82.2 Å². The van der Waals surface area contributed by atoms with Crippen LogP contribution in [0.1, 0.15) is 16.7 Å². The summed E-state index contributed by atoms with van der Waals surface area (Å²) in [6.45, 7) is 1.87. The number of amides is 1. The minimum Gasteiger partial charge on any atom is -0.351 e. The molecule has 0 saturated carbocycles. The molecule has 0 heterocycles. The molecule has 0 spiro atoms. The van der Waals surface area contributed by atoms with Crippen LogP contribution >= 0.6 is 27.5 Å². The molecule has 31 heavy (non-hydrogen) atoms. The van der Waals surface area contributed by atoms with Crippen molar-refractivity contribution in [2.75, 3.05) is 6.54 Å². The molecule has 0 bridgehead atoms. The molecule has 0 aromatic heterocycles. The number of nitrogens with zero attached hydrogens (tertiary/aromatic N) is 1. The van der Waals surface area contributed by atoms with E-state index in [0.29, 0.717) is 5.02 Å². The van der Waals surface area contributed by atoms with Crippen molar-refractivity contribution in [3.63, 3.8) is 0 Å². The second-order valence-corrected chi connectivity index (χ2v) is 10.3. The average molecular weight is 522 g/mol. The van der Waals surface area contributed by atoms with Gasteiger partial charge in [-0.25, -0.2) is 8.42 Å². The van der Waals surface area contributed by atoms with Crippen LogP contribution in [0.5, 0.6) is 0 Å². The Labute approximate surface area is 196 Å². The Kier molecular flexibility index (Phi) is 7.89. The van der Waals surface area contributed by atoms with Crippen LogP contribution in [-0.2, 0) is 27.9 Å². The van der Waals surface area contributed by atoms with E-state index in [-0.39, 0.29) is 24.5 Å². The Morgan fingerprint density at radius 1 is 1.00 bits per heavy atom.